The Balaban J connectivity index is 2.60. The first-order chi connectivity index (χ1) is 11.9. The minimum atomic E-state index is -0.725. The van der Waals surface area contributed by atoms with Crippen molar-refractivity contribution < 1.29 is 19.3 Å². The van der Waals surface area contributed by atoms with E-state index in [1.54, 1.807) is 52.5 Å². The lowest BCUT2D eigenvalue weighted by atomic mass is 9.97. The van der Waals surface area contributed by atoms with E-state index in [1.165, 1.54) is 0 Å². The van der Waals surface area contributed by atoms with Gasteiger partial charge in [0.25, 0.3) is 0 Å². The number of hydrogen-bond donors (Lipinski definition) is 1. The summed E-state index contributed by atoms with van der Waals surface area (Å²) in [5.74, 6) is 1.52. The van der Waals surface area contributed by atoms with Gasteiger partial charge in [-0.1, -0.05) is 29.3 Å². The molecule has 0 saturated heterocycles. The van der Waals surface area contributed by atoms with Crippen LogP contribution < -0.4 is 14.2 Å². The van der Waals surface area contributed by atoms with Crippen molar-refractivity contribution in [2.45, 2.75) is 13.0 Å². The fourth-order valence-corrected chi connectivity index (χ4v) is 2.78. The predicted octanol–water partition coefficient (Wildman–Crippen LogP) is 4.94. The molecule has 0 radical (unpaired) electrons. The summed E-state index contributed by atoms with van der Waals surface area (Å²) in [7, 11) is 4.64. The van der Waals surface area contributed by atoms with E-state index in [9.17, 15) is 5.11 Å². The highest BCUT2D eigenvalue weighted by atomic mass is 35.5. The van der Waals surface area contributed by atoms with Gasteiger partial charge in [0.05, 0.1) is 37.5 Å². The molecule has 0 saturated carbocycles. The zero-order chi connectivity index (χ0) is 18.6. The molecule has 0 bridgehead atoms. The zero-order valence-corrected chi connectivity index (χ0v) is 16.0. The third-order valence-corrected chi connectivity index (χ3v) is 4.45. The maximum absolute atomic E-state index is 10.3. The van der Waals surface area contributed by atoms with Crippen molar-refractivity contribution in [2.75, 3.05) is 21.3 Å². The Morgan fingerprint density at radius 2 is 1.56 bits per heavy atom. The summed E-state index contributed by atoms with van der Waals surface area (Å²) >= 11 is 12.0. The predicted molar refractivity (Wildman–Crippen MR) is 102 cm³/mol. The number of rotatable bonds is 6. The number of halogens is 2. The fourth-order valence-electron chi connectivity index (χ4n) is 2.47. The van der Waals surface area contributed by atoms with Crippen LogP contribution in [0.3, 0.4) is 0 Å². The minimum absolute atomic E-state index is 0.449. The number of hydrogen-bond acceptors (Lipinski definition) is 4. The summed E-state index contributed by atoms with van der Waals surface area (Å²) in [6.45, 7) is 1.69. The van der Waals surface area contributed by atoms with E-state index in [2.05, 4.69) is 0 Å². The lowest BCUT2D eigenvalue weighted by molar-refractivity contribution is 0.254. The highest BCUT2D eigenvalue weighted by Gasteiger charge is 2.17. The summed E-state index contributed by atoms with van der Waals surface area (Å²) in [6.07, 6.45) is 1.12. The van der Waals surface area contributed by atoms with Crippen molar-refractivity contribution in [3.05, 3.63) is 51.5 Å². The lowest BCUT2D eigenvalue weighted by Gasteiger charge is -2.17. The zero-order valence-electron chi connectivity index (χ0n) is 14.5. The maximum atomic E-state index is 10.3. The van der Waals surface area contributed by atoms with E-state index in [4.69, 9.17) is 37.4 Å². The highest BCUT2D eigenvalue weighted by molar-refractivity contribution is 6.42. The molecule has 1 atom stereocenters. The van der Waals surface area contributed by atoms with Gasteiger partial charge in [-0.3, -0.25) is 0 Å². The van der Waals surface area contributed by atoms with Gasteiger partial charge in [-0.05, 0) is 54.0 Å². The highest BCUT2D eigenvalue weighted by Crippen LogP contribution is 2.40. The third kappa shape index (κ3) is 4.40. The van der Waals surface area contributed by atoms with Gasteiger partial charge >= 0.3 is 0 Å². The molecule has 6 heteroatoms. The molecular weight excluding hydrogens is 363 g/mol. The smallest absolute Gasteiger partial charge is 0.203 e. The molecule has 0 fully saturated rings. The van der Waals surface area contributed by atoms with Crippen LogP contribution in [-0.2, 0) is 0 Å². The van der Waals surface area contributed by atoms with E-state index in [-0.39, 0.29) is 0 Å². The second-order valence-corrected chi connectivity index (χ2v) is 6.18. The molecule has 1 unspecified atom stereocenters. The Morgan fingerprint density at radius 3 is 2.00 bits per heavy atom. The molecule has 0 spiro atoms. The number of aliphatic hydroxyl groups is 1. The van der Waals surface area contributed by atoms with E-state index in [0.717, 1.165) is 11.1 Å². The molecule has 0 heterocycles. The number of benzene rings is 2. The van der Waals surface area contributed by atoms with Crippen molar-refractivity contribution in [3.8, 4) is 17.2 Å². The van der Waals surface area contributed by atoms with Gasteiger partial charge in [-0.15, -0.1) is 0 Å². The van der Waals surface area contributed by atoms with Crippen molar-refractivity contribution in [3.63, 3.8) is 0 Å². The van der Waals surface area contributed by atoms with Crippen LogP contribution in [-0.4, -0.2) is 32.5 Å². The summed E-state index contributed by atoms with van der Waals surface area (Å²) in [5, 5.41) is 11.2. The van der Waals surface area contributed by atoms with E-state index in [0.29, 0.717) is 32.9 Å². The van der Waals surface area contributed by atoms with Crippen LogP contribution in [0.5, 0.6) is 17.2 Å². The Morgan fingerprint density at radius 1 is 0.960 bits per heavy atom. The molecule has 0 amide bonds. The molecule has 4 nitrogen and oxygen atoms in total. The SMILES string of the molecule is COc1cc(/C(=C\c2ccc(Cl)c(Cl)c2)C(C)O)cc(OC)c1OC. The second-order valence-electron chi connectivity index (χ2n) is 5.36. The van der Waals surface area contributed by atoms with Gasteiger partial charge in [0, 0.05) is 0 Å². The largest absolute Gasteiger partial charge is 0.493 e. The Bertz CT molecular complexity index is 760. The molecule has 2 aromatic rings. The summed E-state index contributed by atoms with van der Waals surface area (Å²) in [4.78, 5) is 0. The molecule has 0 aliphatic rings. The number of aliphatic hydroxyl groups excluding tert-OH is 1. The number of ether oxygens (including phenoxy) is 3. The van der Waals surface area contributed by atoms with Crippen LogP contribution in [0.25, 0.3) is 11.6 Å². The fraction of sp³-hybridized carbons (Fsp3) is 0.263. The first-order valence-electron chi connectivity index (χ1n) is 7.56. The quantitative estimate of drug-likeness (QED) is 0.718. The van der Waals surface area contributed by atoms with Crippen LogP contribution in [0.1, 0.15) is 18.1 Å². The molecule has 0 aliphatic heterocycles. The van der Waals surface area contributed by atoms with Gasteiger partial charge < -0.3 is 19.3 Å². The van der Waals surface area contributed by atoms with E-state index >= 15 is 0 Å². The molecule has 134 valence electrons. The number of methoxy groups -OCH3 is 3. The van der Waals surface area contributed by atoms with Crippen molar-refractivity contribution in [2.24, 2.45) is 0 Å². The lowest BCUT2D eigenvalue weighted by Crippen LogP contribution is -2.05. The first-order valence-corrected chi connectivity index (χ1v) is 8.32. The molecule has 0 aliphatic carbocycles. The molecule has 0 aromatic heterocycles. The van der Waals surface area contributed by atoms with Crippen LogP contribution in [0, 0.1) is 0 Å². The Labute approximate surface area is 157 Å². The molecular formula is C19H20Cl2O4. The Kier molecular flexibility index (Phi) is 6.59. The summed E-state index contributed by atoms with van der Waals surface area (Å²) in [6, 6.07) is 8.86. The second kappa shape index (κ2) is 8.48. The normalized spacial score (nSPS) is 12.7. The maximum Gasteiger partial charge on any atom is 0.203 e. The molecule has 1 N–H and O–H groups in total. The third-order valence-electron chi connectivity index (χ3n) is 3.71. The average Bonchev–Trinajstić information content (AvgIpc) is 2.60. The monoisotopic (exact) mass is 382 g/mol. The summed E-state index contributed by atoms with van der Waals surface area (Å²) < 4.78 is 16.1. The van der Waals surface area contributed by atoms with Crippen LogP contribution in [0.15, 0.2) is 30.3 Å². The minimum Gasteiger partial charge on any atom is -0.493 e. The van der Waals surface area contributed by atoms with Gasteiger partial charge in [-0.25, -0.2) is 0 Å². The van der Waals surface area contributed by atoms with Crippen molar-refractivity contribution in [1.82, 2.24) is 0 Å². The van der Waals surface area contributed by atoms with Crippen LogP contribution in [0.2, 0.25) is 10.0 Å². The van der Waals surface area contributed by atoms with Gasteiger partial charge in [0.15, 0.2) is 11.5 Å². The average molecular weight is 383 g/mol. The van der Waals surface area contributed by atoms with E-state index in [1.807, 2.05) is 12.1 Å². The van der Waals surface area contributed by atoms with Crippen LogP contribution in [0.4, 0.5) is 0 Å². The van der Waals surface area contributed by atoms with E-state index < -0.39 is 6.10 Å². The first kappa shape index (κ1) is 19.4. The van der Waals surface area contributed by atoms with Gasteiger partial charge in [0.2, 0.25) is 5.75 Å². The molecule has 2 rings (SSSR count). The van der Waals surface area contributed by atoms with Gasteiger partial charge in [-0.2, -0.15) is 0 Å². The standard InChI is InChI=1S/C19H20Cl2O4/c1-11(22)14(7-12-5-6-15(20)16(21)8-12)13-9-17(23-2)19(25-4)18(10-13)24-3/h5-11,22H,1-4H3/b14-7-. The Hall–Kier alpha value is -1.88. The molecule has 25 heavy (non-hydrogen) atoms. The molecule has 2 aromatic carbocycles. The topological polar surface area (TPSA) is 47.9 Å². The van der Waals surface area contributed by atoms with Crippen molar-refractivity contribution in [1.29, 1.82) is 0 Å². The van der Waals surface area contributed by atoms with Crippen molar-refractivity contribution >= 4 is 34.9 Å². The van der Waals surface area contributed by atoms with Crippen LogP contribution >= 0.6 is 23.2 Å². The summed E-state index contributed by atoms with van der Waals surface area (Å²) in [5.41, 5.74) is 2.24. The van der Waals surface area contributed by atoms with Gasteiger partial charge in [0.1, 0.15) is 0 Å².